The zero-order valence-electron chi connectivity index (χ0n) is 14.6. The van der Waals surface area contributed by atoms with E-state index in [-0.39, 0.29) is 11.9 Å². The summed E-state index contributed by atoms with van der Waals surface area (Å²) in [6, 6.07) is 16.5. The molecule has 2 aromatic rings. The Morgan fingerprint density at radius 2 is 1.69 bits per heavy atom. The van der Waals surface area contributed by atoms with E-state index in [1.807, 2.05) is 29.2 Å². The second-order valence-electron chi connectivity index (χ2n) is 6.14. The highest BCUT2D eigenvalue weighted by atomic mass is 35.5. The monoisotopic (exact) mass is 369 g/mol. The molecule has 5 nitrogen and oxygen atoms in total. The lowest BCUT2D eigenvalue weighted by molar-refractivity contribution is 0.0606. The van der Waals surface area contributed by atoms with Crippen LogP contribution in [0.25, 0.3) is 0 Å². The van der Waals surface area contributed by atoms with E-state index in [0.29, 0.717) is 36.8 Å². The number of halogens is 1. The van der Waals surface area contributed by atoms with Crippen LogP contribution in [0.5, 0.6) is 5.75 Å². The number of piperazine rings is 1. The van der Waals surface area contributed by atoms with Crippen LogP contribution in [0.2, 0.25) is 5.02 Å². The van der Waals surface area contributed by atoms with Crippen LogP contribution >= 0.6 is 11.6 Å². The Kier molecular flexibility index (Phi) is 5.77. The first-order valence-corrected chi connectivity index (χ1v) is 8.82. The fourth-order valence-electron chi connectivity index (χ4n) is 3.11. The smallest absolute Gasteiger partial charge is 0.253 e. The summed E-state index contributed by atoms with van der Waals surface area (Å²) in [5.74, 6) is 0.767. The number of carbonyl (C=O) groups is 1. The average Bonchev–Trinajstić information content (AvgIpc) is 2.70. The molecule has 1 fully saturated rings. The molecule has 2 aromatic carbocycles. The number of nitrogens with zero attached hydrogens (tertiary/aromatic N) is 3. The van der Waals surface area contributed by atoms with Crippen molar-refractivity contribution in [3.63, 3.8) is 0 Å². The van der Waals surface area contributed by atoms with E-state index < -0.39 is 0 Å². The molecule has 134 valence electrons. The van der Waals surface area contributed by atoms with Gasteiger partial charge in [0.1, 0.15) is 11.8 Å². The summed E-state index contributed by atoms with van der Waals surface area (Å²) in [5, 5.41) is 10.2. The van der Waals surface area contributed by atoms with Crippen LogP contribution in [0, 0.1) is 11.3 Å². The van der Waals surface area contributed by atoms with E-state index in [1.54, 1.807) is 31.4 Å². The molecule has 0 bridgehead atoms. The molecule has 6 heteroatoms. The topological polar surface area (TPSA) is 56.6 Å². The van der Waals surface area contributed by atoms with Crippen molar-refractivity contribution in [3.05, 3.63) is 64.7 Å². The summed E-state index contributed by atoms with van der Waals surface area (Å²) in [6.45, 7) is 2.50. The fourth-order valence-corrected chi connectivity index (χ4v) is 3.24. The van der Waals surface area contributed by atoms with Gasteiger partial charge in [-0.2, -0.15) is 5.26 Å². The predicted octanol–water partition coefficient (Wildman–Crippen LogP) is 3.37. The lowest BCUT2D eigenvalue weighted by atomic mass is 10.1. The summed E-state index contributed by atoms with van der Waals surface area (Å²) in [6.07, 6.45) is 0. The van der Waals surface area contributed by atoms with Gasteiger partial charge in [0, 0.05) is 36.8 Å². The Hall–Kier alpha value is -2.55. The fraction of sp³-hybridized carbons (Fsp3) is 0.300. The number of benzene rings is 2. The molecule has 0 N–H and O–H groups in total. The first-order chi connectivity index (χ1) is 12.6. The van der Waals surface area contributed by atoms with Crippen molar-refractivity contribution in [1.29, 1.82) is 5.26 Å². The van der Waals surface area contributed by atoms with Gasteiger partial charge in [0.05, 0.1) is 13.2 Å². The largest absolute Gasteiger partial charge is 0.497 e. The van der Waals surface area contributed by atoms with E-state index >= 15 is 0 Å². The second kappa shape index (κ2) is 8.22. The summed E-state index contributed by atoms with van der Waals surface area (Å²) in [5.41, 5.74) is 1.57. The Morgan fingerprint density at radius 1 is 1.08 bits per heavy atom. The molecule has 1 aliphatic rings. The van der Waals surface area contributed by atoms with Crippen molar-refractivity contribution in [3.8, 4) is 11.8 Å². The molecule has 3 rings (SSSR count). The van der Waals surface area contributed by atoms with Crippen LogP contribution in [0.4, 0.5) is 0 Å². The van der Waals surface area contributed by atoms with Gasteiger partial charge in [0.25, 0.3) is 5.91 Å². The van der Waals surface area contributed by atoms with Gasteiger partial charge >= 0.3 is 0 Å². The van der Waals surface area contributed by atoms with Crippen molar-refractivity contribution in [2.24, 2.45) is 0 Å². The number of methoxy groups -OCH3 is 1. The third kappa shape index (κ3) is 3.98. The summed E-state index contributed by atoms with van der Waals surface area (Å²) >= 11 is 5.88. The van der Waals surface area contributed by atoms with Crippen molar-refractivity contribution in [1.82, 2.24) is 9.80 Å². The van der Waals surface area contributed by atoms with Gasteiger partial charge in [-0.1, -0.05) is 23.7 Å². The molecule has 1 saturated heterocycles. The van der Waals surface area contributed by atoms with Gasteiger partial charge in [0.15, 0.2) is 0 Å². The zero-order chi connectivity index (χ0) is 18.5. The van der Waals surface area contributed by atoms with E-state index in [4.69, 9.17) is 16.3 Å². The minimum atomic E-state index is -0.325. The molecule has 0 aromatic heterocycles. The summed E-state index contributed by atoms with van der Waals surface area (Å²) < 4.78 is 5.17. The summed E-state index contributed by atoms with van der Waals surface area (Å²) in [4.78, 5) is 16.5. The molecule has 0 radical (unpaired) electrons. The molecule has 1 heterocycles. The second-order valence-corrected chi connectivity index (χ2v) is 6.58. The van der Waals surface area contributed by atoms with E-state index in [0.717, 1.165) is 11.3 Å². The molecular formula is C20H20ClN3O2. The van der Waals surface area contributed by atoms with Crippen LogP contribution in [0.15, 0.2) is 48.5 Å². The molecule has 1 unspecified atom stereocenters. The maximum atomic E-state index is 12.6. The highest BCUT2D eigenvalue weighted by molar-refractivity contribution is 6.30. The van der Waals surface area contributed by atoms with Gasteiger partial charge < -0.3 is 9.64 Å². The number of nitriles is 1. The van der Waals surface area contributed by atoms with Gasteiger partial charge in [-0.15, -0.1) is 0 Å². The molecule has 0 aliphatic carbocycles. The molecule has 1 atom stereocenters. The van der Waals surface area contributed by atoms with Crippen LogP contribution in [-0.2, 0) is 0 Å². The first kappa shape index (κ1) is 18.2. The highest BCUT2D eigenvalue weighted by Gasteiger charge is 2.27. The quantitative estimate of drug-likeness (QED) is 0.829. The molecule has 1 amide bonds. The zero-order valence-corrected chi connectivity index (χ0v) is 15.3. The van der Waals surface area contributed by atoms with Crippen molar-refractivity contribution in [2.45, 2.75) is 6.04 Å². The van der Waals surface area contributed by atoms with Crippen LogP contribution < -0.4 is 4.74 Å². The Morgan fingerprint density at radius 3 is 2.23 bits per heavy atom. The standard InChI is InChI=1S/C20H20ClN3O2/c1-26-18-8-4-15(5-9-18)19(14-22)23-10-12-24(13-11-23)20(25)16-2-6-17(21)7-3-16/h2-9,19H,10-13H2,1H3. The molecular weight excluding hydrogens is 350 g/mol. The van der Waals surface area contributed by atoms with Gasteiger partial charge in [-0.05, 0) is 42.0 Å². The normalized spacial score (nSPS) is 16.0. The molecule has 26 heavy (non-hydrogen) atoms. The average molecular weight is 370 g/mol. The Balaban J connectivity index is 1.63. The summed E-state index contributed by atoms with van der Waals surface area (Å²) in [7, 11) is 1.62. The minimum Gasteiger partial charge on any atom is -0.497 e. The Labute approximate surface area is 158 Å². The predicted molar refractivity (Wildman–Crippen MR) is 100 cm³/mol. The third-order valence-corrected chi connectivity index (χ3v) is 4.86. The number of rotatable bonds is 4. The lowest BCUT2D eigenvalue weighted by Gasteiger charge is -2.37. The van der Waals surface area contributed by atoms with Crippen molar-refractivity contribution >= 4 is 17.5 Å². The maximum Gasteiger partial charge on any atom is 0.253 e. The van der Waals surface area contributed by atoms with Gasteiger partial charge in [-0.3, -0.25) is 9.69 Å². The number of amides is 1. The lowest BCUT2D eigenvalue weighted by Crippen LogP contribution is -2.49. The number of carbonyl (C=O) groups excluding carboxylic acids is 1. The SMILES string of the molecule is COc1ccc(C(C#N)N2CCN(C(=O)c3ccc(Cl)cc3)CC2)cc1. The molecule has 0 spiro atoms. The van der Waals surface area contributed by atoms with Crippen LogP contribution in [0.1, 0.15) is 22.0 Å². The third-order valence-electron chi connectivity index (χ3n) is 4.61. The first-order valence-electron chi connectivity index (χ1n) is 8.45. The van der Waals surface area contributed by atoms with Crippen molar-refractivity contribution < 1.29 is 9.53 Å². The van der Waals surface area contributed by atoms with Crippen LogP contribution in [0.3, 0.4) is 0 Å². The highest BCUT2D eigenvalue weighted by Crippen LogP contribution is 2.24. The van der Waals surface area contributed by atoms with Gasteiger partial charge in [0.2, 0.25) is 0 Å². The number of hydrogen-bond donors (Lipinski definition) is 0. The Bertz CT molecular complexity index is 791. The van der Waals surface area contributed by atoms with E-state index in [2.05, 4.69) is 11.0 Å². The number of ether oxygens (including phenoxy) is 1. The van der Waals surface area contributed by atoms with Crippen LogP contribution in [-0.4, -0.2) is 49.0 Å². The minimum absolute atomic E-state index is 0.000674. The number of hydrogen-bond acceptors (Lipinski definition) is 4. The van der Waals surface area contributed by atoms with Crippen molar-refractivity contribution in [2.75, 3.05) is 33.3 Å². The maximum absolute atomic E-state index is 12.6. The van der Waals surface area contributed by atoms with E-state index in [9.17, 15) is 10.1 Å². The van der Waals surface area contributed by atoms with Gasteiger partial charge in [-0.25, -0.2) is 0 Å². The molecule has 0 saturated carbocycles. The van der Waals surface area contributed by atoms with E-state index in [1.165, 1.54) is 0 Å². The molecule has 1 aliphatic heterocycles.